The van der Waals surface area contributed by atoms with E-state index >= 15 is 0 Å². The van der Waals surface area contributed by atoms with E-state index in [1.807, 2.05) is 20.9 Å². The van der Waals surface area contributed by atoms with E-state index in [2.05, 4.69) is 14.9 Å². The summed E-state index contributed by atoms with van der Waals surface area (Å²) >= 11 is 0. The SMILES string of the molecule is CC(C)Oc1cncc(N(C)C(CN)C2CC2)n1. The summed E-state index contributed by atoms with van der Waals surface area (Å²) in [5, 5.41) is 0. The third kappa shape index (κ3) is 3.10. The van der Waals surface area contributed by atoms with Gasteiger partial charge in [0.1, 0.15) is 0 Å². The van der Waals surface area contributed by atoms with Crippen molar-refractivity contribution < 1.29 is 4.74 Å². The van der Waals surface area contributed by atoms with Crippen LogP contribution in [-0.4, -0.2) is 35.7 Å². The Hall–Kier alpha value is -1.36. The van der Waals surface area contributed by atoms with Crippen LogP contribution < -0.4 is 15.4 Å². The Morgan fingerprint density at radius 2 is 2.17 bits per heavy atom. The number of likely N-dealkylation sites (N-methyl/N-ethyl adjacent to an activating group) is 1. The number of rotatable bonds is 6. The van der Waals surface area contributed by atoms with Crippen molar-refractivity contribution in [2.24, 2.45) is 11.7 Å². The maximum absolute atomic E-state index is 5.85. The summed E-state index contributed by atoms with van der Waals surface area (Å²) in [7, 11) is 2.03. The Balaban J connectivity index is 2.11. The number of ether oxygens (including phenoxy) is 1. The van der Waals surface area contributed by atoms with Crippen LogP contribution in [0.15, 0.2) is 12.4 Å². The van der Waals surface area contributed by atoms with E-state index in [-0.39, 0.29) is 6.10 Å². The minimum Gasteiger partial charge on any atom is -0.474 e. The molecule has 1 aliphatic carbocycles. The molecule has 0 aromatic carbocycles. The molecule has 1 aromatic heterocycles. The Kier molecular flexibility index (Phi) is 4.01. The highest BCUT2D eigenvalue weighted by Crippen LogP contribution is 2.35. The average Bonchev–Trinajstić information content (AvgIpc) is 3.14. The Morgan fingerprint density at radius 1 is 1.44 bits per heavy atom. The third-order valence-electron chi connectivity index (χ3n) is 3.22. The minimum atomic E-state index is 0.105. The molecule has 1 atom stereocenters. The summed E-state index contributed by atoms with van der Waals surface area (Å²) < 4.78 is 5.56. The van der Waals surface area contributed by atoms with E-state index in [0.29, 0.717) is 24.4 Å². The second-order valence-electron chi connectivity index (χ2n) is 5.13. The lowest BCUT2D eigenvalue weighted by molar-refractivity contribution is 0.231. The first kappa shape index (κ1) is 13.1. The maximum Gasteiger partial charge on any atom is 0.234 e. The molecule has 0 aliphatic heterocycles. The average molecular weight is 250 g/mol. The highest BCUT2D eigenvalue weighted by atomic mass is 16.5. The van der Waals surface area contributed by atoms with Crippen LogP contribution in [-0.2, 0) is 0 Å². The summed E-state index contributed by atoms with van der Waals surface area (Å²) in [6, 6.07) is 0.355. The zero-order valence-electron chi connectivity index (χ0n) is 11.3. The molecule has 1 unspecified atom stereocenters. The molecule has 1 aromatic rings. The van der Waals surface area contributed by atoms with Crippen LogP contribution in [0.3, 0.4) is 0 Å². The first-order chi connectivity index (χ1) is 8.61. The van der Waals surface area contributed by atoms with Gasteiger partial charge in [-0.1, -0.05) is 0 Å². The zero-order valence-corrected chi connectivity index (χ0v) is 11.3. The first-order valence-corrected chi connectivity index (χ1v) is 6.53. The lowest BCUT2D eigenvalue weighted by Gasteiger charge is -2.28. The topological polar surface area (TPSA) is 64.3 Å². The highest BCUT2D eigenvalue weighted by molar-refractivity contribution is 5.38. The summed E-state index contributed by atoms with van der Waals surface area (Å²) in [5.41, 5.74) is 5.85. The van der Waals surface area contributed by atoms with E-state index < -0.39 is 0 Å². The van der Waals surface area contributed by atoms with Gasteiger partial charge in [-0.25, -0.2) is 0 Å². The molecule has 5 nitrogen and oxygen atoms in total. The van der Waals surface area contributed by atoms with Gasteiger partial charge >= 0.3 is 0 Å². The Bertz CT molecular complexity index is 392. The largest absolute Gasteiger partial charge is 0.474 e. The van der Waals surface area contributed by atoms with Crippen molar-refractivity contribution in [2.45, 2.75) is 38.8 Å². The van der Waals surface area contributed by atoms with E-state index in [9.17, 15) is 0 Å². The summed E-state index contributed by atoms with van der Waals surface area (Å²) in [6.45, 7) is 4.61. The van der Waals surface area contributed by atoms with Gasteiger partial charge < -0.3 is 15.4 Å². The molecule has 1 heterocycles. The van der Waals surface area contributed by atoms with Gasteiger partial charge in [0, 0.05) is 19.6 Å². The van der Waals surface area contributed by atoms with Crippen LogP contribution >= 0.6 is 0 Å². The minimum absolute atomic E-state index is 0.105. The predicted octanol–water partition coefficient (Wildman–Crippen LogP) is 1.44. The number of hydrogen-bond acceptors (Lipinski definition) is 5. The van der Waals surface area contributed by atoms with E-state index in [4.69, 9.17) is 10.5 Å². The third-order valence-corrected chi connectivity index (χ3v) is 3.22. The summed E-state index contributed by atoms with van der Waals surface area (Å²) in [4.78, 5) is 10.8. The van der Waals surface area contributed by atoms with Crippen molar-refractivity contribution in [1.82, 2.24) is 9.97 Å². The van der Waals surface area contributed by atoms with E-state index in [1.54, 1.807) is 12.4 Å². The van der Waals surface area contributed by atoms with Crippen molar-refractivity contribution in [1.29, 1.82) is 0 Å². The molecular weight excluding hydrogens is 228 g/mol. The Labute approximate surface area is 108 Å². The molecule has 2 N–H and O–H groups in total. The van der Waals surface area contributed by atoms with Crippen LogP contribution in [0.4, 0.5) is 5.82 Å². The fourth-order valence-corrected chi connectivity index (χ4v) is 2.12. The zero-order chi connectivity index (χ0) is 13.1. The molecule has 1 saturated carbocycles. The molecule has 18 heavy (non-hydrogen) atoms. The first-order valence-electron chi connectivity index (χ1n) is 6.53. The molecule has 0 bridgehead atoms. The number of aromatic nitrogens is 2. The fourth-order valence-electron chi connectivity index (χ4n) is 2.12. The lowest BCUT2D eigenvalue weighted by Crippen LogP contribution is -2.40. The number of anilines is 1. The second-order valence-corrected chi connectivity index (χ2v) is 5.13. The number of hydrogen-bond donors (Lipinski definition) is 1. The normalized spacial score (nSPS) is 16.7. The standard InChI is InChI=1S/C13H22N4O/c1-9(2)18-13-8-15-7-12(16-13)17(3)11(6-14)10-4-5-10/h7-11H,4-6,14H2,1-3H3. The van der Waals surface area contributed by atoms with Gasteiger partial charge in [0.25, 0.3) is 0 Å². The van der Waals surface area contributed by atoms with Crippen LogP contribution in [0.25, 0.3) is 0 Å². The van der Waals surface area contributed by atoms with Crippen LogP contribution in [0.1, 0.15) is 26.7 Å². The van der Waals surface area contributed by atoms with Gasteiger partial charge in [0.2, 0.25) is 5.88 Å². The fraction of sp³-hybridized carbons (Fsp3) is 0.692. The van der Waals surface area contributed by atoms with Gasteiger partial charge in [0.15, 0.2) is 5.82 Å². The number of nitrogens with two attached hydrogens (primary N) is 1. The lowest BCUT2D eigenvalue weighted by atomic mass is 10.1. The van der Waals surface area contributed by atoms with Crippen molar-refractivity contribution in [2.75, 3.05) is 18.5 Å². The maximum atomic E-state index is 5.85. The second kappa shape index (κ2) is 5.52. The number of nitrogens with zero attached hydrogens (tertiary/aromatic N) is 3. The molecule has 2 rings (SSSR count). The van der Waals surface area contributed by atoms with Crippen LogP contribution in [0.5, 0.6) is 5.88 Å². The van der Waals surface area contributed by atoms with Gasteiger partial charge in [0.05, 0.1) is 18.5 Å². The van der Waals surface area contributed by atoms with Crippen molar-refractivity contribution in [3.05, 3.63) is 12.4 Å². The monoisotopic (exact) mass is 250 g/mol. The van der Waals surface area contributed by atoms with Gasteiger partial charge in [-0.05, 0) is 32.6 Å². The molecule has 1 fully saturated rings. The van der Waals surface area contributed by atoms with Gasteiger partial charge in [-0.15, -0.1) is 0 Å². The molecule has 1 aliphatic rings. The van der Waals surface area contributed by atoms with Gasteiger partial charge in [-0.2, -0.15) is 4.98 Å². The summed E-state index contributed by atoms with van der Waals surface area (Å²) in [5.74, 6) is 2.10. The van der Waals surface area contributed by atoms with Crippen molar-refractivity contribution in [3.63, 3.8) is 0 Å². The highest BCUT2D eigenvalue weighted by Gasteiger charge is 2.33. The summed E-state index contributed by atoms with van der Waals surface area (Å²) in [6.07, 6.45) is 6.04. The predicted molar refractivity (Wildman–Crippen MR) is 71.8 cm³/mol. The smallest absolute Gasteiger partial charge is 0.234 e. The van der Waals surface area contributed by atoms with Crippen molar-refractivity contribution >= 4 is 5.82 Å². The molecule has 0 spiro atoms. The van der Waals surface area contributed by atoms with Crippen LogP contribution in [0, 0.1) is 5.92 Å². The molecular formula is C13H22N4O. The van der Waals surface area contributed by atoms with Crippen molar-refractivity contribution in [3.8, 4) is 5.88 Å². The quantitative estimate of drug-likeness (QED) is 0.827. The molecule has 5 heteroatoms. The van der Waals surface area contributed by atoms with Gasteiger partial charge in [-0.3, -0.25) is 4.98 Å². The van der Waals surface area contributed by atoms with Crippen LogP contribution in [0.2, 0.25) is 0 Å². The molecule has 0 saturated heterocycles. The van der Waals surface area contributed by atoms with E-state index in [1.165, 1.54) is 12.8 Å². The molecule has 100 valence electrons. The molecule has 0 radical (unpaired) electrons. The molecule has 0 amide bonds. The Morgan fingerprint density at radius 3 is 2.72 bits per heavy atom. The van der Waals surface area contributed by atoms with E-state index in [0.717, 1.165) is 5.82 Å².